The van der Waals surface area contributed by atoms with Crippen LogP contribution in [0.5, 0.6) is 0 Å². The summed E-state index contributed by atoms with van der Waals surface area (Å²) < 4.78 is 5.62. The molecule has 1 saturated heterocycles. The molecule has 4 heteroatoms. The highest BCUT2D eigenvalue weighted by Gasteiger charge is 2.45. The predicted octanol–water partition coefficient (Wildman–Crippen LogP) is 1.71. The quantitative estimate of drug-likeness (QED) is 0.696. The topological polar surface area (TPSA) is 53.3 Å². The molecule has 0 aromatic rings. The third kappa shape index (κ3) is 2.30. The van der Waals surface area contributed by atoms with Gasteiger partial charge in [0.15, 0.2) is 0 Å². The second-order valence-electron chi connectivity index (χ2n) is 5.37. The normalized spacial score (nSPS) is 32.2. The van der Waals surface area contributed by atoms with E-state index < -0.39 is 5.41 Å². The van der Waals surface area contributed by atoms with Gasteiger partial charge in [0, 0.05) is 13.1 Å². The lowest BCUT2D eigenvalue weighted by molar-refractivity contribution is -0.150. The molecular weight excluding hydrogens is 216 g/mol. The van der Waals surface area contributed by atoms with E-state index in [2.05, 4.69) is 6.07 Å². The summed E-state index contributed by atoms with van der Waals surface area (Å²) in [6.07, 6.45) is 3.58. The highest BCUT2D eigenvalue weighted by molar-refractivity contribution is 5.86. The van der Waals surface area contributed by atoms with Gasteiger partial charge >= 0.3 is 0 Å². The van der Waals surface area contributed by atoms with Crippen molar-refractivity contribution in [1.29, 1.82) is 5.26 Å². The molecule has 0 radical (unpaired) electrons. The first-order valence-electron chi connectivity index (χ1n) is 6.43. The molecule has 2 aliphatic rings. The molecule has 0 aromatic carbocycles. The maximum absolute atomic E-state index is 12.5. The van der Waals surface area contributed by atoms with Crippen molar-refractivity contribution in [3.63, 3.8) is 0 Å². The Balaban J connectivity index is 2.11. The van der Waals surface area contributed by atoms with Crippen molar-refractivity contribution in [2.75, 3.05) is 13.1 Å². The van der Waals surface area contributed by atoms with E-state index in [1.54, 1.807) is 0 Å². The number of nitriles is 1. The summed E-state index contributed by atoms with van der Waals surface area (Å²) >= 11 is 0. The van der Waals surface area contributed by atoms with Crippen molar-refractivity contribution >= 4 is 5.91 Å². The van der Waals surface area contributed by atoms with Crippen molar-refractivity contribution < 1.29 is 9.53 Å². The van der Waals surface area contributed by atoms with Crippen LogP contribution in [0.15, 0.2) is 0 Å². The highest BCUT2D eigenvalue weighted by atomic mass is 16.5. The van der Waals surface area contributed by atoms with Crippen LogP contribution in [0, 0.1) is 16.7 Å². The Labute approximate surface area is 103 Å². The Hall–Kier alpha value is -1.08. The molecular formula is C13H20N2O2. The number of rotatable bonds is 1. The third-order valence-electron chi connectivity index (χ3n) is 3.79. The average Bonchev–Trinajstić information content (AvgIpc) is 2.76. The van der Waals surface area contributed by atoms with Gasteiger partial charge in [-0.25, -0.2) is 0 Å². The maximum atomic E-state index is 12.5. The number of hydrogen-bond donors (Lipinski definition) is 0. The van der Waals surface area contributed by atoms with Crippen molar-refractivity contribution in [3.8, 4) is 6.07 Å². The molecule has 1 aliphatic carbocycles. The second-order valence-corrected chi connectivity index (χ2v) is 5.37. The second kappa shape index (κ2) is 4.66. The Kier molecular flexibility index (Phi) is 3.39. The molecule has 1 amide bonds. The van der Waals surface area contributed by atoms with Gasteiger partial charge in [-0.3, -0.25) is 4.79 Å². The van der Waals surface area contributed by atoms with Gasteiger partial charge in [0.25, 0.3) is 0 Å². The lowest BCUT2D eigenvalue weighted by atomic mass is 9.86. The van der Waals surface area contributed by atoms with Gasteiger partial charge in [-0.05, 0) is 26.7 Å². The molecule has 2 rings (SSSR count). The van der Waals surface area contributed by atoms with E-state index in [9.17, 15) is 10.1 Å². The third-order valence-corrected chi connectivity index (χ3v) is 3.79. The van der Waals surface area contributed by atoms with E-state index in [4.69, 9.17) is 4.74 Å². The molecule has 1 heterocycles. The van der Waals surface area contributed by atoms with Crippen LogP contribution in [-0.4, -0.2) is 36.1 Å². The summed E-state index contributed by atoms with van der Waals surface area (Å²) in [5, 5.41) is 9.32. The van der Waals surface area contributed by atoms with Crippen molar-refractivity contribution in [2.24, 2.45) is 5.41 Å². The number of nitrogens with zero attached hydrogens (tertiary/aromatic N) is 2. The fourth-order valence-corrected chi connectivity index (χ4v) is 3.00. The minimum absolute atomic E-state index is 0.0273. The molecule has 1 aliphatic heterocycles. The molecule has 94 valence electrons. The molecule has 0 bridgehead atoms. The first-order chi connectivity index (χ1) is 8.07. The molecule has 2 fully saturated rings. The fraction of sp³-hybridized carbons (Fsp3) is 0.846. The summed E-state index contributed by atoms with van der Waals surface area (Å²) in [5.41, 5.74) is -0.739. The summed E-state index contributed by atoms with van der Waals surface area (Å²) in [4.78, 5) is 14.3. The summed E-state index contributed by atoms with van der Waals surface area (Å²) in [6, 6.07) is 2.27. The van der Waals surface area contributed by atoms with Gasteiger partial charge in [0.2, 0.25) is 5.91 Å². The number of morpholine rings is 1. The summed E-state index contributed by atoms with van der Waals surface area (Å²) in [6.45, 7) is 5.19. The molecule has 0 spiro atoms. The minimum Gasteiger partial charge on any atom is -0.372 e. The van der Waals surface area contributed by atoms with Crippen LogP contribution < -0.4 is 0 Å². The van der Waals surface area contributed by atoms with E-state index in [1.807, 2.05) is 18.7 Å². The van der Waals surface area contributed by atoms with Crippen LogP contribution in [0.1, 0.15) is 39.5 Å². The Morgan fingerprint density at radius 1 is 1.29 bits per heavy atom. The zero-order valence-electron chi connectivity index (χ0n) is 10.6. The van der Waals surface area contributed by atoms with E-state index in [0.717, 1.165) is 25.7 Å². The molecule has 1 saturated carbocycles. The smallest absolute Gasteiger partial charge is 0.243 e. The predicted molar refractivity (Wildman–Crippen MR) is 63.1 cm³/mol. The van der Waals surface area contributed by atoms with Gasteiger partial charge in [0.05, 0.1) is 18.3 Å². The SMILES string of the molecule is CC1CN(C(=O)C2(C#N)CCCC2)CC(C)O1. The van der Waals surface area contributed by atoms with Gasteiger partial charge in [-0.1, -0.05) is 12.8 Å². The van der Waals surface area contributed by atoms with E-state index in [-0.39, 0.29) is 18.1 Å². The lowest BCUT2D eigenvalue weighted by Crippen LogP contribution is -2.52. The monoisotopic (exact) mass is 236 g/mol. The van der Waals surface area contributed by atoms with Crippen molar-refractivity contribution in [3.05, 3.63) is 0 Å². The van der Waals surface area contributed by atoms with Crippen LogP contribution in [0.4, 0.5) is 0 Å². The Morgan fingerprint density at radius 3 is 2.29 bits per heavy atom. The Morgan fingerprint density at radius 2 is 1.82 bits per heavy atom. The van der Waals surface area contributed by atoms with Crippen LogP contribution in [0.2, 0.25) is 0 Å². The Bertz CT molecular complexity index is 332. The zero-order chi connectivity index (χ0) is 12.5. The van der Waals surface area contributed by atoms with Gasteiger partial charge in [0.1, 0.15) is 5.41 Å². The largest absolute Gasteiger partial charge is 0.372 e. The van der Waals surface area contributed by atoms with Gasteiger partial charge < -0.3 is 9.64 Å². The molecule has 2 unspecified atom stereocenters. The maximum Gasteiger partial charge on any atom is 0.243 e. The van der Waals surface area contributed by atoms with Crippen molar-refractivity contribution in [2.45, 2.75) is 51.7 Å². The summed E-state index contributed by atoms with van der Waals surface area (Å²) in [7, 11) is 0. The molecule has 17 heavy (non-hydrogen) atoms. The number of ether oxygens (including phenoxy) is 1. The van der Waals surface area contributed by atoms with Crippen LogP contribution >= 0.6 is 0 Å². The van der Waals surface area contributed by atoms with Crippen LogP contribution in [0.3, 0.4) is 0 Å². The van der Waals surface area contributed by atoms with Crippen LogP contribution in [-0.2, 0) is 9.53 Å². The molecule has 4 nitrogen and oxygen atoms in total. The number of hydrogen-bond acceptors (Lipinski definition) is 3. The fourth-order valence-electron chi connectivity index (χ4n) is 3.00. The van der Waals surface area contributed by atoms with Crippen molar-refractivity contribution in [1.82, 2.24) is 4.90 Å². The summed E-state index contributed by atoms with van der Waals surface area (Å²) in [5.74, 6) is 0.0273. The number of amides is 1. The van der Waals surface area contributed by atoms with Crippen LogP contribution in [0.25, 0.3) is 0 Å². The molecule has 0 N–H and O–H groups in total. The number of carbonyl (C=O) groups is 1. The molecule has 0 aromatic heterocycles. The number of carbonyl (C=O) groups excluding carboxylic acids is 1. The van der Waals surface area contributed by atoms with Gasteiger partial charge in [-0.2, -0.15) is 5.26 Å². The first-order valence-corrected chi connectivity index (χ1v) is 6.43. The lowest BCUT2D eigenvalue weighted by Gasteiger charge is -2.38. The standard InChI is InChI=1S/C13H20N2O2/c1-10-7-15(8-11(2)17-10)12(16)13(9-14)5-3-4-6-13/h10-11H,3-8H2,1-2H3. The van der Waals surface area contributed by atoms with E-state index in [0.29, 0.717) is 13.1 Å². The average molecular weight is 236 g/mol. The highest BCUT2D eigenvalue weighted by Crippen LogP contribution is 2.39. The first kappa shape index (κ1) is 12.4. The van der Waals surface area contributed by atoms with E-state index >= 15 is 0 Å². The minimum atomic E-state index is -0.739. The zero-order valence-corrected chi connectivity index (χ0v) is 10.6. The van der Waals surface area contributed by atoms with E-state index in [1.165, 1.54) is 0 Å². The molecule has 2 atom stereocenters. The van der Waals surface area contributed by atoms with Gasteiger partial charge in [-0.15, -0.1) is 0 Å².